The fourth-order valence-corrected chi connectivity index (χ4v) is 6.99. The molecule has 0 amide bonds. The average Bonchev–Trinajstić information content (AvgIpc) is 3.79. The summed E-state index contributed by atoms with van der Waals surface area (Å²) in [6.07, 6.45) is 5.19. The molecule has 4 aromatic heterocycles. The third kappa shape index (κ3) is 15.1. The summed E-state index contributed by atoms with van der Waals surface area (Å²) in [5, 5.41) is 2.50. The quantitative estimate of drug-likeness (QED) is 0.0492. The Hall–Kier alpha value is -1.04. The average molecular weight is 1110 g/mol. The molecule has 0 saturated heterocycles. The number of benzene rings is 2. The molecule has 0 spiro atoms. The van der Waals surface area contributed by atoms with Crippen molar-refractivity contribution in [2.45, 2.75) is 48.4 Å². The van der Waals surface area contributed by atoms with Gasteiger partial charge in [0.25, 0.3) is 0 Å². The number of fused-ring (bicyclic) bond motifs is 2. The second-order valence-corrected chi connectivity index (χ2v) is 13.5. The molecule has 0 aliphatic heterocycles. The second kappa shape index (κ2) is 26.7. The Balaban J connectivity index is 0.000000338. The van der Waals surface area contributed by atoms with Crippen LogP contribution in [0, 0.1) is 13.8 Å². The van der Waals surface area contributed by atoms with E-state index in [0.717, 1.165) is 79.7 Å². The van der Waals surface area contributed by atoms with Gasteiger partial charge in [0.1, 0.15) is 11.5 Å². The van der Waals surface area contributed by atoms with Gasteiger partial charge in [-0.2, -0.15) is 0 Å². The molecule has 0 aliphatic carbocycles. The molecule has 1 atom stereocenters. The maximum Gasteiger partial charge on any atom is 1.00 e. The molecule has 0 radical (unpaired) electrons. The van der Waals surface area contributed by atoms with Crippen molar-refractivity contribution < 1.29 is 52.7 Å². The molecule has 2 aromatic carbocycles. The number of pyridine rings is 2. The van der Waals surface area contributed by atoms with Crippen molar-refractivity contribution in [2.75, 3.05) is 40.6 Å². The summed E-state index contributed by atoms with van der Waals surface area (Å²) in [4.78, 5) is 21.2. The van der Waals surface area contributed by atoms with Gasteiger partial charge in [-0.25, -0.2) is 4.98 Å². The Morgan fingerprint density at radius 1 is 0.811 bits per heavy atom. The molecule has 53 heavy (non-hydrogen) atoms. The summed E-state index contributed by atoms with van der Waals surface area (Å²) >= 11 is 5.89. The first kappa shape index (κ1) is 48.1. The SMILES string of the molecule is COCCCOc1ccnc(CS(=O)c2cc3ccccc3[n-]2)c1C.COCCCOc1ccnc(CSc2nc3ccccc3[nH]2)c1C.I.II.[Na+]. The van der Waals surface area contributed by atoms with Gasteiger partial charge in [0, 0.05) is 118 Å². The zero-order valence-electron chi connectivity index (χ0n) is 30.5. The predicted molar refractivity (Wildman–Crippen MR) is 238 cm³/mol. The number of imidazole rings is 1. The van der Waals surface area contributed by atoms with Crippen LogP contribution in [-0.2, 0) is 31.8 Å². The number of thioether (sulfide) groups is 1. The van der Waals surface area contributed by atoms with Gasteiger partial charge in [-0.3, -0.25) is 14.2 Å². The van der Waals surface area contributed by atoms with Crippen LogP contribution >= 0.6 is 73.0 Å². The Kier molecular flexibility index (Phi) is 24.3. The van der Waals surface area contributed by atoms with Gasteiger partial charge >= 0.3 is 29.6 Å². The summed E-state index contributed by atoms with van der Waals surface area (Å²) in [7, 11) is 2.13. The standard InChI is InChI=1S/C19H21N2O3S.C18H21N3O2S.I2.HI.Na/c1-14-17(20-9-8-18(14)24-11-5-10-23-2)13-25(22)19-12-15-6-3-4-7-16(15)21-19;1-13-16(19-9-8-17(13)23-11-5-10-22-2)12-24-18-20-14-6-3-4-7-15(14)21-18;1-2;;/h3-4,6-9,12H,5,10-11,13H2,1-2H3;3-4,6-9H,5,10-12H2,1-2H3,(H,20,21);;1H;/q-1;;;;+1. The molecule has 0 aliphatic rings. The van der Waals surface area contributed by atoms with Crippen molar-refractivity contribution in [3.8, 4) is 11.5 Å². The van der Waals surface area contributed by atoms with E-state index in [4.69, 9.17) is 18.9 Å². The minimum absolute atomic E-state index is 0. The summed E-state index contributed by atoms with van der Waals surface area (Å²) in [5.41, 5.74) is 6.70. The number of ether oxygens (including phenoxy) is 4. The zero-order valence-corrected chi connectivity index (χ0v) is 40.8. The van der Waals surface area contributed by atoms with Crippen LogP contribution in [0.15, 0.2) is 89.3 Å². The third-order valence-electron chi connectivity index (χ3n) is 7.68. The van der Waals surface area contributed by atoms with E-state index < -0.39 is 10.8 Å². The van der Waals surface area contributed by atoms with Crippen LogP contribution in [0.25, 0.3) is 21.9 Å². The van der Waals surface area contributed by atoms with Crippen LogP contribution in [0.4, 0.5) is 0 Å². The Bertz CT molecular complexity index is 1920. The third-order valence-corrected chi connectivity index (χ3v) is 9.77. The van der Waals surface area contributed by atoms with Crippen LogP contribution in [-0.4, -0.2) is 64.8 Å². The number of methoxy groups -OCH3 is 2. The monoisotopic (exact) mass is 1100 g/mol. The van der Waals surface area contributed by atoms with Crippen LogP contribution in [0.3, 0.4) is 0 Å². The molecule has 10 nitrogen and oxygen atoms in total. The second-order valence-electron chi connectivity index (χ2n) is 11.1. The number of rotatable bonds is 16. The fourth-order valence-electron chi connectivity index (χ4n) is 4.94. The molecular formula is C37H43I3N5NaO5S2. The maximum absolute atomic E-state index is 12.7. The fraction of sp³-hybridized carbons (Fsp3) is 0.324. The first-order valence-electron chi connectivity index (χ1n) is 16.2. The first-order valence-corrected chi connectivity index (χ1v) is 24.8. The number of halogens is 3. The Morgan fingerprint density at radius 2 is 1.40 bits per heavy atom. The topological polar surface area (TPSA) is 123 Å². The normalized spacial score (nSPS) is 11.0. The van der Waals surface area contributed by atoms with Crippen LogP contribution in [0.1, 0.15) is 35.4 Å². The number of nitrogens with one attached hydrogen (secondary N) is 1. The van der Waals surface area contributed by atoms with Crippen molar-refractivity contribution >= 4 is 106 Å². The number of para-hydroxylation sites is 3. The number of hydrogen-bond donors (Lipinski definition) is 1. The molecule has 4 heterocycles. The summed E-state index contributed by atoms with van der Waals surface area (Å²) < 4.78 is 34.4. The predicted octanol–water partition coefficient (Wildman–Crippen LogP) is 6.59. The van der Waals surface area contributed by atoms with E-state index in [1.165, 1.54) is 0 Å². The molecule has 6 rings (SSSR count). The van der Waals surface area contributed by atoms with Crippen molar-refractivity contribution in [1.29, 1.82) is 0 Å². The molecule has 6 aromatic rings. The van der Waals surface area contributed by atoms with E-state index in [2.05, 4.69) is 62.2 Å². The van der Waals surface area contributed by atoms with Gasteiger partial charge in [-0.05, 0) is 43.5 Å². The largest absolute Gasteiger partial charge is 1.00 e. The number of H-pyrrole nitrogens is 1. The van der Waals surface area contributed by atoms with Crippen molar-refractivity contribution in [1.82, 2.24) is 24.9 Å². The van der Waals surface area contributed by atoms with Crippen molar-refractivity contribution in [2.24, 2.45) is 0 Å². The molecular weight excluding hydrogens is 1060 g/mol. The van der Waals surface area contributed by atoms with E-state index in [0.29, 0.717) is 37.2 Å². The molecule has 280 valence electrons. The van der Waals surface area contributed by atoms with E-state index in [1.54, 1.807) is 38.4 Å². The molecule has 16 heteroatoms. The molecule has 1 unspecified atom stereocenters. The Morgan fingerprint density at radius 3 is 2.02 bits per heavy atom. The van der Waals surface area contributed by atoms with E-state index in [-0.39, 0.29) is 53.5 Å². The van der Waals surface area contributed by atoms with Crippen LogP contribution in [0.5, 0.6) is 11.5 Å². The van der Waals surface area contributed by atoms with E-state index >= 15 is 0 Å². The van der Waals surface area contributed by atoms with Gasteiger partial charge < -0.3 is 28.9 Å². The van der Waals surface area contributed by atoms with Crippen molar-refractivity contribution in [3.63, 3.8) is 0 Å². The van der Waals surface area contributed by atoms with Crippen LogP contribution in [0.2, 0.25) is 0 Å². The van der Waals surface area contributed by atoms with Gasteiger partial charge in [-0.15, -0.1) is 29.5 Å². The molecule has 0 bridgehead atoms. The van der Waals surface area contributed by atoms with Gasteiger partial charge in [0.15, 0.2) is 5.16 Å². The maximum atomic E-state index is 12.7. The minimum atomic E-state index is -1.24. The first-order chi connectivity index (χ1) is 25.0. The van der Waals surface area contributed by atoms with Gasteiger partial charge in [0.2, 0.25) is 0 Å². The minimum Gasteiger partial charge on any atom is -0.650 e. The smallest absolute Gasteiger partial charge is 0.650 e. The Labute approximate surface area is 381 Å². The molecule has 1 N–H and O–H groups in total. The van der Waals surface area contributed by atoms with Gasteiger partial charge in [0.05, 0.1) is 41.4 Å². The summed E-state index contributed by atoms with van der Waals surface area (Å²) in [6, 6.07) is 21.4. The van der Waals surface area contributed by atoms with Crippen molar-refractivity contribution in [3.05, 3.63) is 102 Å². The van der Waals surface area contributed by atoms with E-state index in [1.807, 2.05) is 80.6 Å². The zero-order chi connectivity index (χ0) is 36.4. The van der Waals surface area contributed by atoms with Gasteiger partial charge in [-0.1, -0.05) is 59.3 Å². The van der Waals surface area contributed by atoms with Crippen LogP contribution < -0.4 is 44.0 Å². The summed E-state index contributed by atoms with van der Waals surface area (Å²) in [5.74, 6) is 2.74. The molecule has 0 fully saturated rings. The summed E-state index contributed by atoms with van der Waals surface area (Å²) in [6.45, 7) is 6.59. The number of aromatic nitrogens is 5. The number of hydrogen-bond acceptors (Lipinski definition) is 9. The number of aromatic amines is 1. The molecule has 0 saturated carbocycles. The number of nitrogens with zero attached hydrogens (tertiary/aromatic N) is 4. The van der Waals surface area contributed by atoms with E-state index in [9.17, 15) is 4.21 Å².